The van der Waals surface area contributed by atoms with Gasteiger partial charge in [0, 0.05) is 18.2 Å². The Hall–Kier alpha value is -1.70. The number of rotatable bonds is 4. The lowest BCUT2D eigenvalue weighted by atomic mass is 10.2. The molecule has 0 amide bonds. The number of fused-ring (bicyclic) bond motifs is 1. The van der Waals surface area contributed by atoms with E-state index in [1.165, 1.54) is 25.7 Å². The Bertz CT molecular complexity index is 706. The molecule has 0 radical (unpaired) electrons. The minimum Gasteiger partial charge on any atom is -0.493 e. The fourth-order valence-corrected chi connectivity index (χ4v) is 2.70. The second-order valence-corrected chi connectivity index (χ2v) is 5.08. The lowest BCUT2D eigenvalue weighted by Crippen LogP contribution is -2.16. The number of halogens is 3. The number of ether oxygens (including phenoxy) is 2. The SMILES string of the molecule is COc1cc2[nH]c(=S)n(C(C)CC(F)(F)F)c2cc1OC. The number of hydrogen-bond acceptors (Lipinski definition) is 3. The molecule has 21 heavy (non-hydrogen) atoms. The van der Waals surface area contributed by atoms with Crippen LogP contribution >= 0.6 is 12.2 Å². The minimum absolute atomic E-state index is 0.233. The maximum absolute atomic E-state index is 12.6. The average molecular weight is 320 g/mol. The van der Waals surface area contributed by atoms with E-state index in [1.807, 2.05) is 0 Å². The molecule has 0 bridgehead atoms. The number of aromatic amines is 1. The van der Waals surface area contributed by atoms with Gasteiger partial charge in [0.25, 0.3) is 0 Å². The molecule has 2 rings (SSSR count). The number of methoxy groups -OCH3 is 2. The van der Waals surface area contributed by atoms with Gasteiger partial charge in [-0.05, 0) is 19.1 Å². The summed E-state index contributed by atoms with van der Waals surface area (Å²) in [6.07, 6.45) is -5.21. The highest BCUT2D eigenvalue weighted by Crippen LogP contribution is 2.35. The van der Waals surface area contributed by atoms with Crippen molar-refractivity contribution in [1.82, 2.24) is 9.55 Å². The first-order valence-electron chi connectivity index (χ1n) is 6.20. The van der Waals surface area contributed by atoms with Gasteiger partial charge in [-0.3, -0.25) is 0 Å². The third kappa shape index (κ3) is 3.15. The van der Waals surface area contributed by atoms with E-state index in [2.05, 4.69) is 4.98 Å². The molecule has 0 aliphatic rings. The van der Waals surface area contributed by atoms with Crippen molar-refractivity contribution < 1.29 is 22.6 Å². The highest BCUT2D eigenvalue weighted by Gasteiger charge is 2.31. The Labute approximate surface area is 124 Å². The van der Waals surface area contributed by atoms with Crippen LogP contribution in [0.1, 0.15) is 19.4 Å². The zero-order valence-corrected chi connectivity index (χ0v) is 12.6. The van der Waals surface area contributed by atoms with Crippen LogP contribution in [-0.4, -0.2) is 29.9 Å². The molecule has 0 spiro atoms. The Morgan fingerprint density at radius 1 is 1.24 bits per heavy atom. The number of benzene rings is 1. The van der Waals surface area contributed by atoms with E-state index in [1.54, 1.807) is 12.1 Å². The molecule has 1 aromatic carbocycles. The highest BCUT2D eigenvalue weighted by molar-refractivity contribution is 7.71. The van der Waals surface area contributed by atoms with Crippen LogP contribution in [0.5, 0.6) is 11.5 Å². The van der Waals surface area contributed by atoms with Gasteiger partial charge in [0.2, 0.25) is 0 Å². The first kappa shape index (κ1) is 15.7. The smallest absolute Gasteiger partial charge is 0.391 e. The lowest BCUT2D eigenvalue weighted by molar-refractivity contribution is -0.141. The topological polar surface area (TPSA) is 39.2 Å². The minimum atomic E-state index is -4.26. The molecule has 0 saturated heterocycles. The second kappa shape index (κ2) is 5.59. The van der Waals surface area contributed by atoms with Crippen LogP contribution in [0.25, 0.3) is 11.0 Å². The third-order valence-electron chi connectivity index (χ3n) is 3.19. The summed E-state index contributed by atoms with van der Waals surface area (Å²) >= 11 is 5.14. The van der Waals surface area contributed by atoms with Crippen molar-refractivity contribution in [2.24, 2.45) is 0 Å². The summed E-state index contributed by atoms with van der Waals surface area (Å²) in [4.78, 5) is 2.89. The lowest BCUT2D eigenvalue weighted by Gasteiger charge is -2.17. The molecule has 2 aromatic rings. The molecular formula is C13H15F3N2O2S. The van der Waals surface area contributed by atoms with Gasteiger partial charge in [0.15, 0.2) is 16.3 Å². The first-order chi connectivity index (χ1) is 9.76. The zero-order valence-electron chi connectivity index (χ0n) is 11.7. The van der Waals surface area contributed by atoms with E-state index < -0.39 is 18.6 Å². The Balaban J connectivity index is 2.59. The van der Waals surface area contributed by atoms with E-state index in [0.29, 0.717) is 22.5 Å². The van der Waals surface area contributed by atoms with Gasteiger partial charge in [-0.2, -0.15) is 13.2 Å². The summed E-state index contributed by atoms with van der Waals surface area (Å²) in [6.45, 7) is 1.48. The first-order valence-corrected chi connectivity index (χ1v) is 6.60. The van der Waals surface area contributed by atoms with Crippen molar-refractivity contribution in [3.8, 4) is 11.5 Å². The van der Waals surface area contributed by atoms with Crippen LogP contribution in [0.3, 0.4) is 0 Å². The number of aromatic nitrogens is 2. The molecule has 1 aromatic heterocycles. The van der Waals surface area contributed by atoms with Gasteiger partial charge in [0.05, 0.1) is 31.7 Å². The van der Waals surface area contributed by atoms with E-state index in [9.17, 15) is 13.2 Å². The van der Waals surface area contributed by atoms with Gasteiger partial charge in [-0.25, -0.2) is 0 Å². The fraction of sp³-hybridized carbons (Fsp3) is 0.462. The monoisotopic (exact) mass is 320 g/mol. The predicted octanol–water partition coefficient (Wildman–Crippen LogP) is 4.23. The van der Waals surface area contributed by atoms with Crippen molar-refractivity contribution >= 4 is 23.3 Å². The molecule has 0 aliphatic heterocycles. The number of imidazole rings is 1. The number of H-pyrrole nitrogens is 1. The van der Waals surface area contributed by atoms with Gasteiger partial charge in [0.1, 0.15) is 0 Å². The number of nitrogens with zero attached hydrogens (tertiary/aromatic N) is 1. The Morgan fingerprint density at radius 3 is 2.33 bits per heavy atom. The highest BCUT2D eigenvalue weighted by atomic mass is 32.1. The van der Waals surface area contributed by atoms with Crippen LogP contribution in [0.4, 0.5) is 13.2 Å². The van der Waals surface area contributed by atoms with Crippen molar-refractivity contribution in [3.63, 3.8) is 0 Å². The van der Waals surface area contributed by atoms with Crippen molar-refractivity contribution in [3.05, 3.63) is 16.9 Å². The molecular weight excluding hydrogens is 305 g/mol. The van der Waals surface area contributed by atoms with E-state index in [4.69, 9.17) is 21.7 Å². The zero-order chi connectivity index (χ0) is 15.8. The molecule has 1 heterocycles. The summed E-state index contributed by atoms with van der Waals surface area (Å²) in [5.41, 5.74) is 1.15. The normalized spacial score (nSPS) is 13.4. The van der Waals surface area contributed by atoms with Crippen molar-refractivity contribution in [2.45, 2.75) is 25.6 Å². The number of nitrogens with one attached hydrogen (secondary N) is 1. The van der Waals surface area contributed by atoms with Crippen molar-refractivity contribution in [2.75, 3.05) is 14.2 Å². The van der Waals surface area contributed by atoms with Crippen LogP contribution in [0.2, 0.25) is 0 Å². The molecule has 116 valence electrons. The largest absolute Gasteiger partial charge is 0.493 e. The predicted molar refractivity (Wildman–Crippen MR) is 75.6 cm³/mol. The van der Waals surface area contributed by atoms with Gasteiger partial charge in [-0.15, -0.1) is 0 Å². The van der Waals surface area contributed by atoms with E-state index in [0.717, 1.165) is 0 Å². The quantitative estimate of drug-likeness (QED) is 0.857. The summed E-state index contributed by atoms with van der Waals surface area (Å²) in [5, 5.41) is 0. The molecule has 4 nitrogen and oxygen atoms in total. The molecule has 1 N–H and O–H groups in total. The molecule has 1 atom stereocenters. The van der Waals surface area contributed by atoms with E-state index in [-0.39, 0.29) is 4.77 Å². The molecule has 0 fully saturated rings. The van der Waals surface area contributed by atoms with Crippen LogP contribution < -0.4 is 9.47 Å². The third-order valence-corrected chi connectivity index (χ3v) is 3.49. The summed E-state index contributed by atoms with van der Waals surface area (Å²) in [5.74, 6) is 0.920. The number of hydrogen-bond donors (Lipinski definition) is 1. The fourth-order valence-electron chi connectivity index (χ4n) is 2.32. The Kier molecular flexibility index (Phi) is 4.18. The second-order valence-electron chi connectivity index (χ2n) is 4.69. The summed E-state index contributed by atoms with van der Waals surface area (Å²) in [6, 6.07) is 2.46. The van der Waals surface area contributed by atoms with Gasteiger partial charge in [-0.1, -0.05) is 0 Å². The Morgan fingerprint density at radius 2 is 1.81 bits per heavy atom. The summed E-state index contributed by atoms with van der Waals surface area (Å²) in [7, 11) is 2.95. The van der Waals surface area contributed by atoms with Gasteiger partial charge < -0.3 is 19.0 Å². The average Bonchev–Trinajstić information content (AvgIpc) is 2.69. The standard InChI is InChI=1S/C13H15F3N2O2S/c1-7(6-13(14,15)16)18-9-5-11(20-3)10(19-2)4-8(9)17-12(18)21/h4-5,7H,6H2,1-3H3,(H,17,21). The summed E-state index contributed by atoms with van der Waals surface area (Å²) < 4.78 is 49.8. The van der Waals surface area contributed by atoms with E-state index >= 15 is 0 Å². The molecule has 8 heteroatoms. The van der Waals surface area contributed by atoms with Crippen LogP contribution in [0, 0.1) is 4.77 Å². The number of alkyl halides is 3. The maximum Gasteiger partial charge on any atom is 0.391 e. The molecule has 0 saturated carbocycles. The van der Waals surface area contributed by atoms with Gasteiger partial charge >= 0.3 is 6.18 Å². The molecule has 0 aliphatic carbocycles. The van der Waals surface area contributed by atoms with Crippen molar-refractivity contribution in [1.29, 1.82) is 0 Å². The van der Waals surface area contributed by atoms with Crippen LogP contribution in [0.15, 0.2) is 12.1 Å². The van der Waals surface area contributed by atoms with Crippen LogP contribution in [-0.2, 0) is 0 Å². The maximum atomic E-state index is 12.6. The molecule has 1 unspecified atom stereocenters.